The number of carbonyl (C=O) groups excluding carboxylic acids is 2. The summed E-state index contributed by atoms with van der Waals surface area (Å²) in [6.07, 6.45) is 0.737. The second-order valence-corrected chi connectivity index (χ2v) is 12.2. The molecule has 0 aliphatic heterocycles. The largest absolute Gasteiger partial charge is 0.492 e. The van der Waals surface area contributed by atoms with Gasteiger partial charge in [-0.05, 0) is 74.4 Å². The highest BCUT2D eigenvalue weighted by Crippen LogP contribution is 2.33. The minimum Gasteiger partial charge on any atom is -0.492 e. The van der Waals surface area contributed by atoms with Crippen molar-refractivity contribution < 1.29 is 22.7 Å². The molecule has 8 nitrogen and oxygen atoms in total. The van der Waals surface area contributed by atoms with Crippen LogP contribution < -0.4 is 14.4 Å². The molecule has 0 bridgehead atoms. The highest BCUT2D eigenvalue weighted by Gasteiger charge is 2.33. The first-order chi connectivity index (χ1) is 19.1. The van der Waals surface area contributed by atoms with E-state index in [1.165, 1.54) is 29.2 Å². The van der Waals surface area contributed by atoms with Crippen LogP contribution in [0.25, 0.3) is 0 Å². The van der Waals surface area contributed by atoms with E-state index >= 15 is 0 Å². The normalized spacial score (nSPS) is 11.9. The molecular weight excluding hydrogens is 618 g/mol. The van der Waals surface area contributed by atoms with E-state index in [1.54, 1.807) is 38.1 Å². The zero-order valence-corrected chi connectivity index (χ0v) is 25.8. The number of anilines is 1. The maximum Gasteiger partial charge on any atom is 0.264 e. The molecular formula is C29H33BrClN3O5S. The van der Waals surface area contributed by atoms with Gasteiger partial charge in [-0.3, -0.25) is 13.9 Å². The fourth-order valence-electron chi connectivity index (χ4n) is 3.95. The van der Waals surface area contributed by atoms with Gasteiger partial charge in [0.15, 0.2) is 0 Å². The molecule has 214 valence electrons. The predicted octanol–water partition coefficient (Wildman–Crippen LogP) is 5.64. The average molecular weight is 651 g/mol. The maximum absolute atomic E-state index is 14.0. The number of para-hydroxylation sites is 2. The van der Waals surface area contributed by atoms with Gasteiger partial charge in [-0.25, -0.2) is 8.42 Å². The lowest BCUT2D eigenvalue weighted by molar-refractivity contribution is -0.139. The molecule has 0 aromatic heterocycles. The van der Waals surface area contributed by atoms with Crippen LogP contribution >= 0.6 is 27.5 Å². The number of nitrogens with zero attached hydrogens (tertiary/aromatic N) is 2. The van der Waals surface area contributed by atoms with E-state index in [0.717, 1.165) is 20.8 Å². The summed E-state index contributed by atoms with van der Waals surface area (Å²) >= 11 is 9.42. The maximum atomic E-state index is 14.0. The molecule has 0 unspecified atom stereocenters. The Morgan fingerprint density at radius 1 is 1.00 bits per heavy atom. The van der Waals surface area contributed by atoms with Crippen molar-refractivity contribution in [2.24, 2.45) is 0 Å². The summed E-state index contributed by atoms with van der Waals surface area (Å²) in [5.41, 5.74) is 0.993. The molecule has 3 rings (SSSR count). The number of benzene rings is 3. The van der Waals surface area contributed by atoms with Crippen LogP contribution in [0.15, 0.2) is 82.2 Å². The summed E-state index contributed by atoms with van der Waals surface area (Å²) < 4.78 is 35.6. The third-order valence-corrected chi connectivity index (χ3v) is 8.65. The molecule has 40 heavy (non-hydrogen) atoms. The van der Waals surface area contributed by atoms with Gasteiger partial charge in [-0.15, -0.1) is 0 Å². The van der Waals surface area contributed by atoms with Gasteiger partial charge in [-0.2, -0.15) is 0 Å². The lowest BCUT2D eigenvalue weighted by atomic mass is 10.1. The van der Waals surface area contributed by atoms with Crippen LogP contribution in [0.4, 0.5) is 5.69 Å². The van der Waals surface area contributed by atoms with Gasteiger partial charge in [0, 0.05) is 22.6 Å². The van der Waals surface area contributed by atoms with Crippen LogP contribution in [0.1, 0.15) is 32.8 Å². The first-order valence-electron chi connectivity index (χ1n) is 12.9. The molecule has 3 aromatic rings. The van der Waals surface area contributed by atoms with Crippen LogP contribution in [0.5, 0.6) is 5.75 Å². The van der Waals surface area contributed by atoms with Gasteiger partial charge in [-0.1, -0.05) is 58.7 Å². The second kappa shape index (κ2) is 14.5. The fraction of sp³-hybridized carbons (Fsp3) is 0.310. The van der Waals surface area contributed by atoms with Crippen molar-refractivity contribution in [2.75, 3.05) is 24.0 Å². The van der Waals surface area contributed by atoms with Crippen molar-refractivity contribution in [3.05, 3.63) is 87.9 Å². The number of hydrogen-bond acceptors (Lipinski definition) is 5. The van der Waals surface area contributed by atoms with Crippen molar-refractivity contribution in [3.63, 3.8) is 0 Å². The first kappa shape index (κ1) is 31.4. The van der Waals surface area contributed by atoms with Gasteiger partial charge >= 0.3 is 0 Å². The Bertz CT molecular complexity index is 1400. The van der Waals surface area contributed by atoms with Crippen LogP contribution in [-0.2, 0) is 26.2 Å². The van der Waals surface area contributed by atoms with Crippen LogP contribution in [0, 0.1) is 0 Å². The Kier molecular flexibility index (Phi) is 11.4. The Hall–Kier alpha value is -3.08. The molecule has 0 spiro atoms. The number of sulfonamides is 1. The van der Waals surface area contributed by atoms with E-state index in [0.29, 0.717) is 23.9 Å². The quantitative estimate of drug-likeness (QED) is 0.258. The smallest absolute Gasteiger partial charge is 0.264 e. The zero-order chi connectivity index (χ0) is 29.3. The van der Waals surface area contributed by atoms with Crippen molar-refractivity contribution >= 4 is 55.1 Å². The molecule has 1 N–H and O–H groups in total. The van der Waals surface area contributed by atoms with Crippen molar-refractivity contribution in [1.29, 1.82) is 0 Å². The molecule has 0 heterocycles. The molecule has 0 aliphatic carbocycles. The van der Waals surface area contributed by atoms with E-state index in [2.05, 4.69) is 21.2 Å². The zero-order valence-electron chi connectivity index (χ0n) is 22.6. The van der Waals surface area contributed by atoms with Crippen LogP contribution in [-0.4, -0.2) is 50.9 Å². The predicted molar refractivity (Wildman–Crippen MR) is 161 cm³/mol. The van der Waals surface area contributed by atoms with E-state index in [9.17, 15) is 18.0 Å². The topological polar surface area (TPSA) is 96.0 Å². The molecule has 0 radical (unpaired) electrons. The lowest BCUT2D eigenvalue weighted by Gasteiger charge is -2.32. The number of carbonyl (C=O) groups is 2. The Morgan fingerprint density at radius 2 is 1.65 bits per heavy atom. The van der Waals surface area contributed by atoms with Gasteiger partial charge < -0.3 is 15.0 Å². The van der Waals surface area contributed by atoms with Gasteiger partial charge in [0.25, 0.3) is 10.0 Å². The fourth-order valence-corrected chi connectivity index (χ4v) is 5.77. The summed E-state index contributed by atoms with van der Waals surface area (Å²) in [4.78, 5) is 28.3. The molecule has 3 aromatic carbocycles. The number of halogens is 2. The highest BCUT2D eigenvalue weighted by molar-refractivity contribution is 9.10. The van der Waals surface area contributed by atoms with E-state index in [4.69, 9.17) is 16.3 Å². The molecule has 2 amide bonds. The third kappa shape index (κ3) is 7.99. The molecule has 0 saturated heterocycles. The van der Waals surface area contributed by atoms with Crippen LogP contribution in [0.3, 0.4) is 0 Å². The summed E-state index contributed by atoms with van der Waals surface area (Å²) in [6.45, 7) is 5.66. The summed E-state index contributed by atoms with van der Waals surface area (Å²) in [7, 11) is -4.24. The standard InChI is InChI=1S/C29H33BrClN3O5S/c1-4-18-32-29(36)21(3)33(19-22-10-12-23(30)13-11-22)28(35)20-34(26-8-6-7-9-27(26)39-5-2)40(37,38)25-16-14-24(31)15-17-25/h6-17,21H,4-5,18-20H2,1-3H3,(H,32,36)/t21-/m1/s1. The number of hydrogen-bond donors (Lipinski definition) is 1. The number of amides is 2. The van der Waals surface area contributed by atoms with Gasteiger partial charge in [0.2, 0.25) is 11.8 Å². The van der Waals surface area contributed by atoms with Crippen molar-refractivity contribution in [3.8, 4) is 5.75 Å². The molecule has 1 atom stereocenters. The highest BCUT2D eigenvalue weighted by atomic mass is 79.9. The Labute approximate surface area is 249 Å². The third-order valence-electron chi connectivity index (χ3n) is 6.10. The minimum absolute atomic E-state index is 0.0378. The Morgan fingerprint density at radius 3 is 2.27 bits per heavy atom. The van der Waals surface area contributed by atoms with Gasteiger partial charge in [0.05, 0.1) is 17.2 Å². The monoisotopic (exact) mass is 649 g/mol. The number of nitrogens with one attached hydrogen (secondary N) is 1. The summed E-state index contributed by atoms with van der Waals surface area (Å²) in [5, 5.41) is 3.21. The van der Waals surface area contributed by atoms with E-state index < -0.39 is 28.5 Å². The van der Waals surface area contributed by atoms with Crippen LogP contribution in [0.2, 0.25) is 5.02 Å². The molecule has 0 saturated carbocycles. The SMILES string of the molecule is CCCNC(=O)[C@@H](C)N(Cc1ccc(Br)cc1)C(=O)CN(c1ccccc1OCC)S(=O)(=O)c1ccc(Cl)cc1. The van der Waals surface area contributed by atoms with Gasteiger partial charge in [0.1, 0.15) is 18.3 Å². The van der Waals surface area contributed by atoms with Crippen molar-refractivity contribution in [2.45, 2.75) is 44.7 Å². The van der Waals surface area contributed by atoms with Crippen molar-refractivity contribution in [1.82, 2.24) is 10.2 Å². The molecule has 0 aliphatic rings. The molecule has 11 heteroatoms. The number of rotatable bonds is 13. The Balaban J connectivity index is 2.06. The second-order valence-electron chi connectivity index (χ2n) is 8.98. The summed E-state index contributed by atoms with van der Waals surface area (Å²) in [5.74, 6) is -0.566. The average Bonchev–Trinajstić information content (AvgIpc) is 2.94. The van der Waals surface area contributed by atoms with E-state index in [1.807, 2.05) is 31.2 Å². The lowest BCUT2D eigenvalue weighted by Crippen LogP contribution is -2.51. The summed E-state index contributed by atoms with van der Waals surface area (Å²) in [6, 6.07) is 18.9. The van der Waals surface area contributed by atoms with E-state index in [-0.39, 0.29) is 23.0 Å². The first-order valence-corrected chi connectivity index (χ1v) is 15.5. The number of ether oxygens (including phenoxy) is 1. The molecule has 0 fully saturated rings. The minimum atomic E-state index is -4.24.